The van der Waals surface area contributed by atoms with Gasteiger partial charge in [0.1, 0.15) is 72.9 Å². The van der Waals surface area contributed by atoms with Gasteiger partial charge in [0, 0.05) is 25.6 Å². The molecule has 7 amide bonds. The number of nitrogens with zero attached hydrogens (tertiary/aromatic N) is 1. The number of aliphatic carboxylic acids is 1. The van der Waals surface area contributed by atoms with Crippen molar-refractivity contribution in [1.82, 2.24) is 41.5 Å². The fourth-order valence-corrected chi connectivity index (χ4v) is 9.37. The largest absolute Gasteiger partial charge is 0.756 e. The molecule has 2 fully saturated rings. The van der Waals surface area contributed by atoms with Crippen molar-refractivity contribution >= 4 is 63.0 Å². The van der Waals surface area contributed by atoms with Crippen LogP contribution < -0.4 is 69.5 Å². The van der Waals surface area contributed by atoms with Crippen LogP contribution in [0, 0.1) is 0 Å². The zero-order valence-electron chi connectivity index (χ0n) is 42.0. The molecular formula is C40H64N10O25P2-2. The summed E-state index contributed by atoms with van der Waals surface area (Å²) in [5, 5.41) is 66.7. The molecule has 0 radical (unpaired) electrons. The molecular weight excluding hydrogens is 1080 g/mol. The average Bonchev–Trinajstić information content (AvgIpc) is 3.61. The smallest absolute Gasteiger partial charge is 0.330 e. The number of carbonyl (C=O) groups is 8. The number of phosphoric acid groups is 2. The number of nitrogens with two attached hydrogens (primary N) is 1. The Labute approximate surface area is 436 Å². The highest BCUT2D eigenvalue weighted by Gasteiger charge is 2.50. The van der Waals surface area contributed by atoms with Crippen molar-refractivity contribution in [2.75, 3.05) is 19.8 Å². The van der Waals surface area contributed by atoms with Gasteiger partial charge in [0.2, 0.25) is 41.4 Å². The molecule has 35 nitrogen and oxygen atoms in total. The summed E-state index contributed by atoms with van der Waals surface area (Å²) >= 11 is 0. The molecule has 2 aliphatic rings. The van der Waals surface area contributed by atoms with Crippen LogP contribution in [-0.2, 0) is 75.1 Å². The van der Waals surface area contributed by atoms with Gasteiger partial charge in [-0.1, -0.05) is 0 Å². The van der Waals surface area contributed by atoms with Gasteiger partial charge < -0.3 is 102 Å². The molecule has 0 bridgehead atoms. The van der Waals surface area contributed by atoms with Crippen LogP contribution in [0.2, 0.25) is 0 Å². The fraction of sp³-hybridized carbons (Fsp3) is 0.700. The van der Waals surface area contributed by atoms with Gasteiger partial charge in [-0.15, -0.1) is 0 Å². The number of aromatic nitrogens is 2. The molecule has 3 rings (SSSR count). The first kappa shape index (κ1) is 65.7. The number of amides is 7. The second kappa shape index (κ2) is 29.4. The summed E-state index contributed by atoms with van der Waals surface area (Å²) in [4.78, 5) is 153. The van der Waals surface area contributed by atoms with E-state index in [-0.39, 0.29) is 6.42 Å². The number of phosphoric ester groups is 2. The van der Waals surface area contributed by atoms with Crippen molar-refractivity contribution in [2.45, 2.75) is 158 Å². The van der Waals surface area contributed by atoms with Crippen LogP contribution in [0.15, 0.2) is 21.9 Å². The minimum absolute atomic E-state index is 0.0125. The van der Waals surface area contributed by atoms with Crippen LogP contribution in [0.1, 0.15) is 73.0 Å². The average molecular weight is 1150 g/mol. The van der Waals surface area contributed by atoms with E-state index in [4.69, 9.17) is 24.5 Å². The minimum Gasteiger partial charge on any atom is -0.756 e. The van der Waals surface area contributed by atoms with E-state index in [1.165, 1.54) is 6.92 Å². The third-order valence-corrected chi connectivity index (χ3v) is 13.9. The molecule has 2 saturated heterocycles. The summed E-state index contributed by atoms with van der Waals surface area (Å²) < 4.78 is 56.3. The Kier molecular flexibility index (Phi) is 25.1. The summed E-state index contributed by atoms with van der Waals surface area (Å²) in [5.41, 5.74) is 7.10. The van der Waals surface area contributed by atoms with E-state index in [0.29, 0.717) is 24.0 Å². The number of unbranched alkanes of at least 4 members (excludes halogenated alkanes) is 1. The minimum atomic E-state index is -6.27. The monoisotopic (exact) mass is 1150 g/mol. The van der Waals surface area contributed by atoms with Gasteiger partial charge >= 0.3 is 5.69 Å². The Bertz CT molecular complexity index is 2490. The lowest BCUT2D eigenvalue weighted by molar-refractivity contribution is -0.368. The predicted molar refractivity (Wildman–Crippen MR) is 246 cm³/mol. The van der Waals surface area contributed by atoms with E-state index < -0.39 is 192 Å². The lowest BCUT2D eigenvalue weighted by Gasteiger charge is -2.46. The predicted octanol–water partition coefficient (Wildman–Crippen LogP) is -10.6. The zero-order chi connectivity index (χ0) is 58.3. The maximum atomic E-state index is 13.7. The summed E-state index contributed by atoms with van der Waals surface area (Å²) in [6.07, 6.45) is -16.6. The molecule has 0 aliphatic carbocycles. The molecule has 1 aromatic rings. The number of aromatic amines is 1. The van der Waals surface area contributed by atoms with Crippen LogP contribution in [0.25, 0.3) is 0 Å². The van der Waals surface area contributed by atoms with Crippen molar-refractivity contribution in [1.29, 1.82) is 0 Å². The molecule has 17 atom stereocenters. The Morgan fingerprint density at radius 1 is 0.805 bits per heavy atom. The third-order valence-electron chi connectivity index (χ3n) is 11.4. The van der Waals surface area contributed by atoms with Gasteiger partial charge in [0.05, 0.1) is 31.8 Å². The van der Waals surface area contributed by atoms with E-state index in [0.717, 1.165) is 40.0 Å². The SMILES string of the molecule is CC(=O)N[C@H]1C(OP(=O)([O-])OP(=O)([O-])OC[C@H]2O[C@@H](n3ccc(=O)[nH]c3=O)[C@H](O)[C@@H]2O)O[C@H](CO)[C@@H](O)[C@@H]1O[C@H](C)C(=O)N[C@@H](C)C(=O)N[C@H](CCC(N)=O)C(=O)N[C@@H](CCCC[NH3+])C(=O)N[C@H](C)C(=O)N[C@H](C)C(=O)[O-]. The van der Waals surface area contributed by atoms with Crippen LogP contribution in [0.5, 0.6) is 0 Å². The van der Waals surface area contributed by atoms with Gasteiger partial charge in [-0.05, 0) is 53.4 Å². The third kappa shape index (κ3) is 20.0. The first-order valence-corrected chi connectivity index (χ1v) is 26.4. The van der Waals surface area contributed by atoms with Crippen molar-refractivity contribution in [2.24, 2.45) is 5.73 Å². The van der Waals surface area contributed by atoms with Crippen molar-refractivity contribution in [3.8, 4) is 0 Å². The molecule has 3 unspecified atom stereocenters. The number of aliphatic hydroxyl groups is 4. The van der Waals surface area contributed by atoms with E-state index in [9.17, 15) is 92.4 Å². The number of hydrogen-bond acceptors (Lipinski definition) is 25. The van der Waals surface area contributed by atoms with Gasteiger partial charge in [-0.2, -0.15) is 0 Å². The van der Waals surface area contributed by atoms with Gasteiger partial charge in [-0.3, -0.25) is 61.6 Å². The lowest BCUT2D eigenvalue weighted by Crippen LogP contribution is -2.66. The molecule has 77 heavy (non-hydrogen) atoms. The number of quaternary nitrogens is 1. The van der Waals surface area contributed by atoms with Crippen LogP contribution in [-0.4, -0.2) is 182 Å². The number of carbonyl (C=O) groups excluding carboxylic acids is 8. The number of carboxylic acid groups (broad SMARTS) is 1. The van der Waals surface area contributed by atoms with Crippen LogP contribution >= 0.6 is 15.6 Å². The first-order valence-electron chi connectivity index (χ1n) is 23.5. The number of carboxylic acids is 1. The van der Waals surface area contributed by atoms with Gasteiger partial charge in [0.25, 0.3) is 21.2 Å². The summed E-state index contributed by atoms with van der Waals surface area (Å²) in [6, 6.07) is -8.35. The van der Waals surface area contributed by atoms with E-state index >= 15 is 0 Å². The molecule has 1 aromatic heterocycles. The summed E-state index contributed by atoms with van der Waals surface area (Å²) in [7, 11) is -12.3. The van der Waals surface area contributed by atoms with Crippen LogP contribution in [0.3, 0.4) is 0 Å². The van der Waals surface area contributed by atoms with Gasteiger partial charge in [-0.25, -0.2) is 9.11 Å². The number of aliphatic hydroxyl groups excluding tert-OH is 4. The highest BCUT2D eigenvalue weighted by molar-refractivity contribution is 7.59. The van der Waals surface area contributed by atoms with Crippen molar-refractivity contribution in [3.05, 3.63) is 33.1 Å². The van der Waals surface area contributed by atoms with E-state index in [1.807, 2.05) is 4.98 Å². The van der Waals surface area contributed by atoms with E-state index in [1.54, 1.807) is 0 Å². The lowest BCUT2D eigenvalue weighted by atomic mass is 9.96. The Morgan fingerprint density at radius 3 is 1.95 bits per heavy atom. The number of nitrogens with one attached hydrogen (secondary N) is 7. The number of rotatable bonds is 30. The standard InChI is InChI=1S/C40H66N10O25P2/c1-16(32(58)45-18(3)38(63)64)44-35(61)21(8-6-7-12-41)48-36(62)22(9-10-25(42)53)47-33(59)17(2)43-34(60)19(4)71-31-27(46-20(5)52)39(73-23(14-51)29(31)56)74-77(68,69)75-76(66,67)70-15-24-28(55)30(57)37(72-24)50-13-11-26(54)49-40(50)65/h11,13,16-19,21-24,27-31,37,39,51,55-57H,6-10,12,14-15,41H2,1-5H3,(H2,42,53)(H,43,60)(H,44,61)(H,45,58)(H,46,52)(H,47,59)(H,48,62)(H,63,64)(H,66,67)(H,68,69)(H,49,54,65)/p-2/t16-,17+,18-,19-,21+,22-,23-,24-,27-,28-,29-,30-,31-,37-,39?/m1/s1. The molecule has 436 valence electrons. The molecule has 2 aliphatic heterocycles. The highest BCUT2D eigenvalue weighted by atomic mass is 31.3. The normalized spacial score (nSPS) is 26.2. The number of hydrogen-bond donors (Lipinski definition) is 13. The fourth-order valence-electron chi connectivity index (χ4n) is 7.28. The summed E-state index contributed by atoms with van der Waals surface area (Å²) in [6.45, 7) is 3.51. The zero-order valence-corrected chi connectivity index (χ0v) is 43.7. The van der Waals surface area contributed by atoms with E-state index in [2.05, 4.69) is 46.5 Å². The molecule has 16 N–H and O–H groups in total. The second-order valence-corrected chi connectivity index (χ2v) is 20.5. The molecule has 0 aromatic carbocycles. The Balaban J connectivity index is 1.73. The molecule has 37 heteroatoms. The van der Waals surface area contributed by atoms with Crippen molar-refractivity contribution in [3.63, 3.8) is 0 Å². The Hall–Kier alpha value is -5.62. The maximum absolute atomic E-state index is 13.7. The topological polar surface area (TPSA) is 557 Å². The molecule has 3 heterocycles. The number of H-pyrrole nitrogens is 1. The number of ether oxygens (including phenoxy) is 3. The molecule has 0 saturated carbocycles. The highest BCUT2D eigenvalue weighted by Crippen LogP contribution is 2.57. The molecule has 0 spiro atoms. The quantitative estimate of drug-likeness (QED) is 0.0251. The number of primary amides is 1. The second-order valence-electron chi connectivity index (χ2n) is 17.6. The maximum Gasteiger partial charge on any atom is 0.330 e. The van der Waals surface area contributed by atoms with Crippen LogP contribution in [0.4, 0.5) is 0 Å². The van der Waals surface area contributed by atoms with Gasteiger partial charge in [0.15, 0.2) is 12.5 Å². The van der Waals surface area contributed by atoms with Crippen molar-refractivity contribution < 1.29 is 116 Å². The Morgan fingerprint density at radius 2 is 1.38 bits per heavy atom. The first-order chi connectivity index (χ1) is 35.8. The summed E-state index contributed by atoms with van der Waals surface area (Å²) in [5.74, 6) is -8.50.